The van der Waals surface area contributed by atoms with Crippen molar-refractivity contribution in [3.8, 4) is 0 Å². The van der Waals surface area contributed by atoms with Gasteiger partial charge in [0.2, 0.25) is 0 Å². The van der Waals surface area contributed by atoms with Gasteiger partial charge in [0, 0.05) is 40.7 Å². The molecule has 0 saturated heterocycles. The number of carbonyl (C=O) groups excluding carboxylic acids is 1. The number of fused-ring (bicyclic) bond motifs is 1. The summed E-state index contributed by atoms with van der Waals surface area (Å²) >= 11 is 3.49. The molecule has 28 heavy (non-hydrogen) atoms. The molecule has 2 heterocycles. The lowest BCUT2D eigenvalue weighted by Crippen LogP contribution is -2.19. The molecule has 0 radical (unpaired) electrons. The smallest absolute Gasteiger partial charge is 0.323 e. The molecule has 0 aliphatic carbocycles. The van der Waals surface area contributed by atoms with Gasteiger partial charge in [-0.1, -0.05) is 28.1 Å². The van der Waals surface area contributed by atoms with E-state index in [2.05, 4.69) is 42.2 Å². The van der Waals surface area contributed by atoms with Crippen LogP contribution in [0.1, 0.15) is 11.1 Å². The average molecular weight is 435 g/mol. The number of nitrogens with zero attached hydrogens (tertiary/aromatic N) is 2. The van der Waals surface area contributed by atoms with E-state index in [9.17, 15) is 4.79 Å². The first kappa shape index (κ1) is 18.3. The van der Waals surface area contributed by atoms with Crippen molar-refractivity contribution in [2.45, 2.75) is 13.5 Å². The standard InChI is InChI=1S/C22H19BrN4O/c1-15-5-6-17(13-19(15)23)25-22(28)26-20-3-2-4-21-18(20)9-12-27(21)14-16-7-10-24-11-8-16/h2-13H,14H2,1H3,(H2,25,26,28). The van der Waals surface area contributed by atoms with Crippen LogP contribution in [0.4, 0.5) is 16.2 Å². The molecule has 2 amide bonds. The van der Waals surface area contributed by atoms with E-state index in [1.165, 1.54) is 5.56 Å². The van der Waals surface area contributed by atoms with Gasteiger partial charge in [0.25, 0.3) is 0 Å². The van der Waals surface area contributed by atoms with Crippen molar-refractivity contribution in [3.63, 3.8) is 0 Å². The molecule has 4 rings (SSSR count). The summed E-state index contributed by atoms with van der Waals surface area (Å²) in [5.74, 6) is 0. The van der Waals surface area contributed by atoms with E-state index in [0.29, 0.717) is 0 Å². The van der Waals surface area contributed by atoms with Crippen molar-refractivity contribution in [3.05, 3.63) is 88.8 Å². The minimum Gasteiger partial charge on any atom is -0.343 e. The number of pyridine rings is 1. The molecule has 0 aliphatic rings. The Hall–Kier alpha value is -3.12. The van der Waals surface area contributed by atoms with Crippen LogP contribution < -0.4 is 10.6 Å². The highest BCUT2D eigenvalue weighted by Gasteiger charge is 2.10. The van der Waals surface area contributed by atoms with Crippen molar-refractivity contribution in [1.29, 1.82) is 0 Å². The summed E-state index contributed by atoms with van der Waals surface area (Å²) in [6.07, 6.45) is 5.62. The Morgan fingerprint density at radius 1 is 1.07 bits per heavy atom. The van der Waals surface area contributed by atoms with Gasteiger partial charge in [-0.25, -0.2) is 4.79 Å². The first-order valence-electron chi connectivity index (χ1n) is 8.91. The van der Waals surface area contributed by atoms with Crippen molar-refractivity contribution < 1.29 is 4.79 Å². The zero-order valence-corrected chi connectivity index (χ0v) is 16.9. The SMILES string of the molecule is Cc1ccc(NC(=O)Nc2cccc3c2ccn3Cc2ccncc2)cc1Br. The summed E-state index contributed by atoms with van der Waals surface area (Å²) in [5, 5.41) is 6.83. The normalized spacial score (nSPS) is 10.8. The predicted molar refractivity (Wildman–Crippen MR) is 117 cm³/mol. The van der Waals surface area contributed by atoms with Crippen LogP contribution in [0, 0.1) is 6.92 Å². The molecule has 0 aliphatic heterocycles. The summed E-state index contributed by atoms with van der Waals surface area (Å²) < 4.78 is 3.12. The van der Waals surface area contributed by atoms with Crippen LogP contribution in [-0.2, 0) is 6.54 Å². The average Bonchev–Trinajstić information content (AvgIpc) is 3.09. The van der Waals surface area contributed by atoms with E-state index in [4.69, 9.17) is 0 Å². The van der Waals surface area contributed by atoms with Crippen molar-refractivity contribution in [1.82, 2.24) is 9.55 Å². The third-order valence-electron chi connectivity index (χ3n) is 4.59. The molecule has 2 aromatic carbocycles. The number of rotatable bonds is 4. The number of aromatic nitrogens is 2. The molecule has 140 valence electrons. The van der Waals surface area contributed by atoms with Crippen LogP contribution in [0.3, 0.4) is 0 Å². The number of halogens is 1. The Bertz CT molecular complexity index is 1140. The third kappa shape index (κ3) is 3.92. The second-order valence-corrected chi connectivity index (χ2v) is 7.43. The second kappa shape index (κ2) is 7.86. The van der Waals surface area contributed by atoms with Gasteiger partial charge in [-0.15, -0.1) is 0 Å². The topological polar surface area (TPSA) is 59.0 Å². The molecule has 2 aromatic heterocycles. The molecule has 0 unspecified atom stereocenters. The van der Waals surface area contributed by atoms with E-state index in [1.54, 1.807) is 12.4 Å². The number of nitrogens with one attached hydrogen (secondary N) is 2. The minimum absolute atomic E-state index is 0.273. The summed E-state index contributed by atoms with van der Waals surface area (Å²) in [6, 6.07) is 17.4. The molecule has 6 heteroatoms. The molecule has 4 aromatic rings. The van der Waals surface area contributed by atoms with Gasteiger partial charge in [0.1, 0.15) is 0 Å². The van der Waals surface area contributed by atoms with Gasteiger partial charge in [-0.05, 0) is 60.5 Å². The summed E-state index contributed by atoms with van der Waals surface area (Å²) in [7, 11) is 0. The summed E-state index contributed by atoms with van der Waals surface area (Å²) in [5.41, 5.74) is 4.86. The maximum atomic E-state index is 12.5. The highest BCUT2D eigenvalue weighted by molar-refractivity contribution is 9.10. The highest BCUT2D eigenvalue weighted by atomic mass is 79.9. The van der Waals surface area contributed by atoms with Crippen LogP contribution in [-0.4, -0.2) is 15.6 Å². The molecule has 0 atom stereocenters. The second-order valence-electron chi connectivity index (χ2n) is 6.58. The van der Waals surface area contributed by atoms with Crippen molar-refractivity contribution >= 4 is 44.2 Å². The number of hydrogen-bond acceptors (Lipinski definition) is 2. The van der Waals surface area contributed by atoms with Crippen molar-refractivity contribution in [2.24, 2.45) is 0 Å². The zero-order valence-electron chi connectivity index (χ0n) is 15.3. The molecule has 0 saturated carbocycles. The number of benzene rings is 2. The molecule has 0 bridgehead atoms. The largest absolute Gasteiger partial charge is 0.343 e. The maximum Gasteiger partial charge on any atom is 0.323 e. The first-order valence-corrected chi connectivity index (χ1v) is 9.70. The van der Waals surface area contributed by atoms with Gasteiger partial charge in [-0.3, -0.25) is 4.98 Å². The van der Waals surface area contributed by atoms with Crippen LogP contribution in [0.5, 0.6) is 0 Å². The summed E-state index contributed by atoms with van der Waals surface area (Å²) in [4.78, 5) is 16.5. The van der Waals surface area contributed by atoms with E-state index >= 15 is 0 Å². The van der Waals surface area contributed by atoms with E-state index < -0.39 is 0 Å². The van der Waals surface area contributed by atoms with Gasteiger partial charge < -0.3 is 15.2 Å². The zero-order chi connectivity index (χ0) is 19.5. The lowest BCUT2D eigenvalue weighted by atomic mass is 10.2. The van der Waals surface area contributed by atoms with Crippen molar-refractivity contribution in [2.75, 3.05) is 10.6 Å². The number of aryl methyl sites for hydroxylation is 1. The fraction of sp³-hybridized carbons (Fsp3) is 0.0909. The Kier molecular flexibility index (Phi) is 5.12. The molecule has 0 spiro atoms. The quantitative estimate of drug-likeness (QED) is 0.426. The Morgan fingerprint density at radius 2 is 1.89 bits per heavy atom. The van der Waals surface area contributed by atoms with E-state index in [0.717, 1.165) is 38.9 Å². The van der Waals surface area contributed by atoms with E-state index in [-0.39, 0.29) is 6.03 Å². The van der Waals surface area contributed by atoms with Crippen LogP contribution >= 0.6 is 15.9 Å². The molecule has 5 nitrogen and oxygen atoms in total. The molecular weight excluding hydrogens is 416 g/mol. The number of hydrogen-bond donors (Lipinski definition) is 2. The number of carbonyl (C=O) groups is 1. The Labute approximate surface area is 171 Å². The fourth-order valence-electron chi connectivity index (χ4n) is 3.11. The summed E-state index contributed by atoms with van der Waals surface area (Å²) in [6.45, 7) is 2.75. The lowest BCUT2D eigenvalue weighted by molar-refractivity contribution is 0.262. The van der Waals surface area contributed by atoms with E-state index in [1.807, 2.05) is 61.7 Å². The minimum atomic E-state index is -0.273. The third-order valence-corrected chi connectivity index (χ3v) is 5.45. The Balaban J connectivity index is 1.54. The lowest BCUT2D eigenvalue weighted by Gasteiger charge is -2.11. The predicted octanol–water partition coefficient (Wildman–Crippen LogP) is 5.80. The first-order chi connectivity index (χ1) is 13.6. The maximum absolute atomic E-state index is 12.5. The van der Waals surface area contributed by atoms with Crippen LogP contribution in [0.15, 0.2) is 77.7 Å². The van der Waals surface area contributed by atoms with Gasteiger partial charge >= 0.3 is 6.03 Å². The monoisotopic (exact) mass is 434 g/mol. The van der Waals surface area contributed by atoms with Crippen LogP contribution in [0.25, 0.3) is 10.9 Å². The molecule has 0 fully saturated rings. The fourth-order valence-corrected chi connectivity index (χ4v) is 3.49. The number of amides is 2. The van der Waals surface area contributed by atoms with Gasteiger partial charge in [0.15, 0.2) is 0 Å². The molecular formula is C22H19BrN4O. The Morgan fingerprint density at radius 3 is 2.68 bits per heavy atom. The highest BCUT2D eigenvalue weighted by Crippen LogP contribution is 2.26. The van der Waals surface area contributed by atoms with Gasteiger partial charge in [0.05, 0.1) is 11.2 Å². The number of urea groups is 1. The molecule has 2 N–H and O–H groups in total. The number of anilines is 2. The van der Waals surface area contributed by atoms with Gasteiger partial charge in [-0.2, -0.15) is 0 Å². The van der Waals surface area contributed by atoms with Crippen LogP contribution in [0.2, 0.25) is 0 Å².